The number of ether oxygens (including phenoxy) is 1. The minimum atomic E-state index is -0.655. The average Bonchev–Trinajstić information content (AvgIpc) is 3.38. The number of rotatable bonds is 4. The van der Waals surface area contributed by atoms with Gasteiger partial charge in [0.05, 0.1) is 36.9 Å². The van der Waals surface area contributed by atoms with Crippen LogP contribution >= 0.6 is 11.6 Å². The first kappa shape index (κ1) is 20.4. The molecule has 1 aliphatic heterocycles. The van der Waals surface area contributed by atoms with E-state index in [-0.39, 0.29) is 23.6 Å². The maximum absolute atomic E-state index is 13.6. The summed E-state index contributed by atoms with van der Waals surface area (Å²) in [5.41, 5.74) is 2.81. The fourth-order valence-electron chi connectivity index (χ4n) is 4.23. The molecule has 0 fully saturated rings. The van der Waals surface area contributed by atoms with E-state index in [1.807, 2.05) is 32.0 Å². The van der Waals surface area contributed by atoms with E-state index in [2.05, 4.69) is 0 Å². The zero-order valence-corrected chi connectivity index (χ0v) is 18.5. The molecule has 0 saturated heterocycles. The standard InChI is InChI=1S/C25H20ClNO5/c1-13-6-7-15(10-19(13)30-3)22-21-23(28)17-11-18(26)14(2)9-20(17)32-24(21)25(29)27(22)12-16-5-4-8-31-16/h4-11,22H,12H2,1-3H3. The number of benzene rings is 2. The molecule has 0 spiro atoms. The molecule has 32 heavy (non-hydrogen) atoms. The molecule has 0 aliphatic carbocycles. The summed E-state index contributed by atoms with van der Waals surface area (Å²) < 4.78 is 17.0. The molecule has 4 aromatic rings. The lowest BCUT2D eigenvalue weighted by Crippen LogP contribution is -2.29. The summed E-state index contributed by atoms with van der Waals surface area (Å²) in [7, 11) is 1.59. The highest BCUT2D eigenvalue weighted by Crippen LogP contribution is 2.40. The summed E-state index contributed by atoms with van der Waals surface area (Å²) in [6, 6.07) is 11.8. The second kappa shape index (κ2) is 7.57. The Kier molecular flexibility index (Phi) is 4.82. The van der Waals surface area contributed by atoms with Gasteiger partial charge in [-0.2, -0.15) is 0 Å². The molecule has 0 bridgehead atoms. The monoisotopic (exact) mass is 449 g/mol. The zero-order valence-electron chi connectivity index (χ0n) is 17.8. The number of carbonyl (C=O) groups excluding carboxylic acids is 1. The first-order chi connectivity index (χ1) is 15.4. The summed E-state index contributed by atoms with van der Waals surface area (Å²) in [6.45, 7) is 3.94. The Balaban J connectivity index is 1.77. The molecule has 0 N–H and O–H groups in total. The van der Waals surface area contributed by atoms with Gasteiger partial charge in [0.25, 0.3) is 5.91 Å². The van der Waals surface area contributed by atoms with Crippen LogP contribution in [0.15, 0.2) is 62.4 Å². The van der Waals surface area contributed by atoms with Gasteiger partial charge < -0.3 is 18.5 Å². The van der Waals surface area contributed by atoms with Crippen molar-refractivity contribution in [2.75, 3.05) is 7.11 Å². The topological polar surface area (TPSA) is 72.9 Å². The fraction of sp³-hybridized carbons (Fsp3) is 0.200. The van der Waals surface area contributed by atoms with Crippen molar-refractivity contribution in [3.05, 3.63) is 97.7 Å². The predicted octanol–water partition coefficient (Wildman–Crippen LogP) is 5.41. The number of furan rings is 1. The summed E-state index contributed by atoms with van der Waals surface area (Å²) in [5.74, 6) is 0.948. The van der Waals surface area contributed by atoms with Crippen molar-refractivity contribution < 1.29 is 18.4 Å². The van der Waals surface area contributed by atoms with Crippen molar-refractivity contribution in [1.82, 2.24) is 4.90 Å². The van der Waals surface area contributed by atoms with Crippen LogP contribution in [-0.2, 0) is 6.54 Å². The Labute approximate surface area is 189 Å². The quantitative estimate of drug-likeness (QED) is 0.416. The minimum absolute atomic E-state index is 0.0420. The van der Waals surface area contributed by atoms with Crippen molar-refractivity contribution in [3.63, 3.8) is 0 Å². The summed E-state index contributed by atoms with van der Waals surface area (Å²) in [5, 5.41) is 0.811. The molecule has 0 saturated carbocycles. The number of carbonyl (C=O) groups is 1. The van der Waals surface area contributed by atoms with Crippen molar-refractivity contribution in [3.8, 4) is 5.75 Å². The molecular formula is C25H20ClNO5. The Morgan fingerprint density at radius 3 is 2.62 bits per heavy atom. The Bertz CT molecular complexity index is 1420. The van der Waals surface area contributed by atoms with Crippen LogP contribution in [0.1, 0.15) is 44.6 Å². The van der Waals surface area contributed by atoms with Crippen molar-refractivity contribution in [2.24, 2.45) is 0 Å². The molecule has 7 heteroatoms. The predicted molar refractivity (Wildman–Crippen MR) is 120 cm³/mol. The molecule has 1 amide bonds. The number of fused-ring (bicyclic) bond motifs is 2. The van der Waals surface area contributed by atoms with Crippen LogP contribution in [0.2, 0.25) is 5.02 Å². The van der Waals surface area contributed by atoms with Crippen molar-refractivity contribution in [1.29, 1.82) is 0 Å². The zero-order chi connectivity index (χ0) is 22.6. The van der Waals surface area contributed by atoms with Crippen LogP contribution in [0, 0.1) is 13.8 Å². The van der Waals surface area contributed by atoms with Crippen LogP contribution in [-0.4, -0.2) is 17.9 Å². The molecule has 1 unspecified atom stereocenters. The molecule has 1 atom stereocenters. The van der Waals surface area contributed by atoms with Gasteiger partial charge in [-0.3, -0.25) is 9.59 Å². The van der Waals surface area contributed by atoms with Crippen molar-refractivity contribution >= 4 is 28.5 Å². The van der Waals surface area contributed by atoms with Gasteiger partial charge in [-0.05, 0) is 60.9 Å². The molecule has 0 radical (unpaired) electrons. The number of nitrogens with zero attached hydrogens (tertiary/aromatic N) is 1. The highest BCUT2D eigenvalue weighted by atomic mass is 35.5. The van der Waals surface area contributed by atoms with E-state index >= 15 is 0 Å². The van der Waals surface area contributed by atoms with Gasteiger partial charge in [-0.25, -0.2) is 0 Å². The molecular weight excluding hydrogens is 430 g/mol. The van der Waals surface area contributed by atoms with Gasteiger partial charge in [0.2, 0.25) is 5.76 Å². The maximum atomic E-state index is 13.6. The molecule has 2 aromatic heterocycles. The van der Waals surface area contributed by atoms with Gasteiger partial charge in [-0.15, -0.1) is 0 Å². The van der Waals surface area contributed by atoms with Gasteiger partial charge >= 0.3 is 0 Å². The number of amides is 1. The number of aryl methyl sites for hydroxylation is 2. The second-order valence-electron chi connectivity index (χ2n) is 7.92. The van der Waals surface area contributed by atoms with E-state index in [4.69, 9.17) is 25.2 Å². The largest absolute Gasteiger partial charge is 0.496 e. The Morgan fingerprint density at radius 2 is 1.91 bits per heavy atom. The minimum Gasteiger partial charge on any atom is -0.496 e. The maximum Gasteiger partial charge on any atom is 0.291 e. The van der Waals surface area contributed by atoms with E-state index in [9.17, 15) is 9.59 Å². The third-order valence-electron chi connectivity index (χ3n) is 5.90. The number of hydrogen-bond donors (Lipinski definition) is 0. The van der Waals surface area contributed by atoms with Gasteiger partial charge in [0, 0.05) is 5.02 Å². The Morgan fingerprint density at radius 1 is 1.09 bits per heavy atom. The third-order valence-corrected chi connectivity index (χ3v) is 6.31. The first-order valence-electron chi connectivity index (χ1n) is 10.1. The fourth-order valence-corrected chi connectivity index (χ4v) is 4.39. The van der Waals surface area contributed by atoms with Gasteiger partial charge in [-0.1, -0.05) is 23.7 Å². The van der Waals surface area contributed by atoms with E-state index in [0.29, 0.717) is 33.1 Å². The summed E-state index contributed by atoms with van der Waals surface area (Å²) in [6.07, 6.45) is 1.55. The molecule has 3 heterocycles. The SMILES string of the molecule is COc1cc(C2c3c(oc4cc(C)c(Cl)cc4c3=O)C(=O)N2Cc2ccco2)ccc1C. The smallest absolute Gasteiger partial charge is 0.291 e. The first-order valence-corrected chi connectivity index (χ1v) is 10.5. The lowest BCUT2D eigenvalue weighted by Gasteiger charge is -2.24. The lowest BCUT2D eigenvalue weighted by molar-refractivity contribution is 0.0701. The van der Waals surface area contributed by atoms with Crippen molar-refractivity contribution in [2.45, 2.75) is 26.4 Å². The lowest BCUT2D eigenvalue weighted by atomic mass is 9.97. The van der Waals surface area contributed by atoms with Crippen LogP contribution in [0.25, 0.3) is 11.0 Å². The highest BCUT2D eigenvalue weighted by molar-refractivity contribution is 6.32. The van der Waals surface area contributed by atoms with Crippen LogP contribution in [0.3, 0.4) is 0 Å². The molecule has 6 nitrogen and oxygen atoms in total. The molecule has 162 valence electrons. The van der Waals surface area contributed by atoms with Crippen LogP contribution < -0.4 is 10.2 Å². The summed E-state index contributed by atoms with van der Waals surface area (Å²) >= 11 is 6.29. The molecule has 5 rings (SSSR count). The van der Waals surface area contributed by atoms with Crippen LogP contribution in [0.4, 0.5) is 0 Å². The number of halogens is 1. The molecule has 1 aliphatic rings. The van der Waals surface area contributed by atoms with E-state index in [0.717, 1.165) is 16.7 Å². The normalized spacial score (nSPS) is 15.4. The highest BCUT2D eigenvalue weighted by Gasteiger charge is 2.43. The van der Waals surface area contributed by atoms with Gasteiger partial charge in [0.15, 0.2) is 5.43 Å². The number of methoxy groups -OCH3 is 1. The van der Waals surface area contributed by atoms with Gasteiger partial charge in [0.1, 0.15) is 17.1 Å². The third kappa shape index (κ3) is 3.10. The number of hydrogen-bond acceptors (Lipinski definition) is 5. The Hall–Kier alpha value is -3.51. The average molecular weight is 450 g/mol. The van der Waals surface area contributed by atoms with Crippen LogP contribution in [0.5, 0.6) is 5.75 Å². The van der Waals surface area contributed by atoms with E-state index in [1.165, 1.54) is 0 Å². The summed E-state index contributed by atoms with van der Waals surface area (Å²) in [4.78, 5) is 28.7. The van der Waals surface area contributed by atoms with E-state index in [1.54, 1.807) is 42.5 Å². The van der Waals surface area contributed by atoms with E-state index < -0.39 is 6.04 Å². The second-order valence-corrected chi connectivity index (χ2v) is 8.32. The molecule has 2 aromatic carbocycles.